The van der Waals surface area contributed by atoms with Crippen molar-refractivity contribution in [2.24, 2.45) is 0 Å². The van der Waals surface area contributed by atoms with Crippen molar-refractivity contribution in [1.29, 1.82) is 0 Å². The van der Waals surface area contributed by atoms with Crippen LogP contribution in [0, 0.1) is 0 Å². The summed E-state index contributed by atoms with van der Waals surface area (Å²) < 4.78 is 7.90. The molecule has 2 aromatic heterocycles. The van der Waals surface area contributed by atoms with Crippen LogP contribution in [0.5, 0.6) is 5.75 Å². The maximum Gasteiger partial charge on any atom is 0.251 e. The molecular formula is C26H24N2O2. The van der Waals surface area contributed by atoms with E-state index in [9.17, 15) is 4.79 Å². The second-order valence-corrected chi connectivity index (χ2v) is 8.85. The molecule has 3 heterocycles. The van der Waals surface area contributed by atoms with E-state index < -0.39 is 0 Å². The first-order chi connectivity index (χ1) is 14.4. The van der Waals surface area contributed by atoms with Gasteiger partial charge in [-0.2, -0.15) is 0 Å². The molecule has 5 rings (SSSR count). The van der Waals surface area contributed by atoms with Crippen molar-refractivity contribution in [3.63, 3.8) is 0 Å². The van der Waals surface area contributed by atoms with Crippen molar-refractivity contribution in [3.8, 4) is 17.1 Å². The number of aromatic nitrogens is 2. The third kappa shape index (κ3) is 3.09. The molecule has 0 amide bonds. The fourth-order valence-corrected chi connectivity index (χ4v) is 4.38. The maximum absolute atomic E-state index is 12.4. The number of hydrogen-bond acceptors (Lipinski definition) is 3. The van der Waals surface area contributed by atoms with E-state index in [1.54, 1.807) is 6.07 Å². The van der Waals surface area contributed by atoms with Gasteiger partial charge >= 0.3 is 0 Å². The Labute approximate surface area is 175 Å². The van der Waals surface area contributed by atoms with Crippen LogP contribution in [-0.4, -0.2) is 9.55 Å². The highest BCUT2D eigenvalue weighted by atomic mass is 16.5. The Morgan fingerprint density at radius 1 is 1.00 bits per heavy atom. The van der Waals surface area contributed by atoms with Crippen LogP contribution < -0.4 is 10.3 Å². The maximum atomic E-state index is 12.4. The van der Waals surface area contributed by atoms with Crippen molar-refractivity contribution in [3.05, 3.63) is 93.8 Å². The molecule has 2 aromatic carbocycles. The van der Waals surface area contributed by atoms with E-state index in [1.807, 2.05) is 47.0 Å². The smallest absolute Gasteiger partial charge is 0.251 e. The van der Waals surface area contributed by atoms with Gasteiger partial charge in [-0.05, 0) is 40.8 Å². The molecule has 0 atom stereocenters. The first-order valence-electron chi connectivity index (χ1n) is 10.3. The summed E-state index contributed by atoms with van der Waals surface area (Å²) in [6, 6.07) is 21.7. The molecule has 0 aliphatic carbocycles. The van der Waals surface area contributed by atoms with Gasteiger partial charge in [0, 0.05) is 17.0 Å². The molecule has 1 aliphatic heterocycles. The van der Waals surface area contributed by atoms with E-state index in [0.717, 1.165) is 39.2 Å². The number of benzene rings is 2. The summed E-state index contributed by atoms with van der Waals surface area (Å²) >= 11 is 0. The minimum Gasteiger partial charge on any atom is -0.489 e. The van der Waals surface area contributed by atoms with Crippen LogP contribution in [0.15, 0.2) is 71.5 Å². The molecule has 4 nitrogen and oxygen atoms in total. The summed E-state index contributed by atoms with van der Waals surface area (Å²) in [5, 5.41) is 1.09. The zero-order chi connectivity index (χ0) is 20.9. The van der Waals surface area contributed by atoms with Gasteiger partial charge in [-0.15, -0.1) is 0 Å². The molecule has 0 saturated heterocycles. The highest BCUT2D eigenvalue weighted by Crippen LogP contribution is 2.41. The topological polar surface area (TPSA) is 44.1 Å². The molecule has 0 spiro atoms. The van der Waals surface area contributed by atoms with Crippen molar-refractivity contribution < 1.29 is 4.74 Å². The predicted octanol–water partition coefficient (Wildman–Crippen LogP) is 5.30. The predicted molar refractivity (Wildman–Crippen MR) is 120 cm³/mol. The van der Waals surface area contributed by atoms with Crippen LogP contribution in [0.1, 0.15) is 37.5 Å². The largest absolute Gasteiger partial charge is 0.489 e. The molecule has 30 heavy (non-hydrogen) atoms. The first kappa shape index (κ1) is 18.6. The summed E-state index contributed by atoms with van der Waals surface area (Å²) in [5.74, 6) is 0.825. The molecule has 0 bridgehead atoms. The number of pyridine rings is 2. The zero-order valence-electron chi connectivity index (χ0n) is 17.5. The van der Waals surface area contributed by atoms with Crippen LogP contribution >= 0.6 is 0 Å². The normalized spacial score (nSPS) is 12.6. The quantitative estimate of drug-likeness (QED) is 0.416. The molecule has 0 fully saturated rings. The van der Waals surface area contributed by atoms with E-state index >= 15 is 0 Å². The van der Waals surface area contributed by atoms with Crippen molar-refractivity contribution >= 4 is 10.9 Å². The lowest BCUT2D eigenvalue weighted by molar-refractivity contribution is 0.306. The fourth-order valence-electron chi connectivity index (χ4n) is 4.38. The van der Waals surface area contributed by atoms with Gasteiger partial charge in [-0.25, -0.2) is 4.98 Å². The SMILES string of the molecule is CC(C)(C)c1c2c(nc3ccc(OCc4ccccc4)cc13)-c1cccc(=O)n1C2. The molecule has 0 radical (unpaired) electrons. The van der Waals surface area contributed by atoms with Crippen LogP contribution in [0.3, 0.4) is 0 Å². The fraction of sp³-hybridized carbons (Fsp3) is 0.231. The Morgan fingerprint density at radius 2 is 1.80 bits per heavy atom. The molecule has 1 aliphatic rings. The Morgan fingerprint density at radius 3 is 2.57 bits per heavy atom. The lowest BCUT2D eigenvalue weighted by Gasteiger charge is -2.25. The van der Waals surface area contributed by atoms with Gasteiger partial charge in [0.05, 0.1) is 23.4 Å². The van der Waals surface area contributed by atoms with E-state index in [4.69, 9.17) is 9.72 Å². The number of ether oxygens (including phenoxy) is 1. The summed E-state index contributed by atoms with van der Waals surface area (Å²) in [7, 11) is 0. The molecule has 0 N–H and O–H groups in total. The lowest BCUT2D eigenvalue weighted by Crippen LogP contribution is -2.19. The Kier molecular flexibility index (Phi) is 4.24. The molecular weight excluding hydrogens is 372 g/mol. The number of nitrogens with zero attached hydrogens (tertiary/aromatic N) is 2. The standard InChI is InChI=1S/C26H24N2O2/c1-26(2,3)24-19-14-18(30-16-17-8-5-4-6-9-17)12-13-21(19)27-25-20(24)15-28-22(25)10-7-11-23(28)29/h4-14H,15-16H2,1-3H3. The summed E-state index contributed by atoms with van der Waals surface area (Å²) in [5.41, 5.74) is 6.16. The van der Waals surface area contributed by atoms with Crippen LogP contribution in [-0.2, 0) is 18.6 Å². The molecule has 0 unspecified atom stereocenters. The zero-order valence-corrected chi connectivity index (χ0v) is 17.5. The lowest BCUT2D eigenvalue weighted by atomic mass is 9.81. The Bertz CT molecular complexity index is 1310. The van der Waals surface area contributed by atoms with Gasteiger partial charge in [0.15, 0.2) is 0 Å². The Balaban J connectivity index is 1.64. The van der Waals surface area contributed by atoms with Gasteiger partial charge in [0.25, 0.3) is 5.56 Å². The number of rotatable bonds is 3. The van der Waals surface area contributed by atoms with Crippen molar-refractivity contribution in [2.45, 2.75) is 39.3 Å². The van der Waals surface area contributed by atoms with E-state index in [1.165, 1.54) is 5.56 Å². The van der Waals surface area contributed by atoms with Gasteiger partial charge in [-0.1, -0.05) is 57.2 Å². The highest BCUT2D eigenvalue weighted by molar-refractivity contribution is 5.90. The molecule has 4 aromatic rings. The third-order valence-corrected chi connectivity index (χ3v) is 5.66. The van der Waals surface area contributed by atoms with E-state index in [2.05, 4.69) is 39.0 Å². The van der Waals surface area contributed by atoms with Gasteiger partial charge < -0.3 is 9.30 Å². The van der Waals surface area contributed by atoms with Crippen molar-refractivity contribution in [2.75, 3.05) is 0 Å². The summed E-state index contributed by atoms with van der Waals surface area (Å²) in [6.45, 7) is 7.73. The van der Waals surface area contributed by atoms with Crippen LogP contribution in [0.2, 0.25) is 0 Å². The molecule has 4 heteroatoms. The van der Waals surface area contributed by atoms with Gasteiger partial charge in [-0.3, -0.25) is 4.79 Å². The van der Waals surface area contributed by atoms with Crippen LogP contribution in [0.25, 0.3) is 22.3 Å². The van der Waals surface area contributed by atoms with Crippen molar-refractivity contribution in [1.82, 2.24) is 9.55 Å². The number of hydrogen-bond donors (Lipinski definition) is 0. The number of fused-ring (bicyclic) bond motifs is 4. The molecule has 150 valence electrons. The van der Waals surface area contributed by atoms with Crippen LogP contribution in [0.4, 0.5) is 0 Å². The second-order valence-electron chi connectivity index (χ2n) is 8.85. The minimum atomic E-state index is -0.102. The minimum absolute atomic E-state index is 0.0151. The van der Waals surface area contributed by atoms with E-state index in [-0.39, 0.29) is 11.0 Å². The first-order valence-corrected chi connectivity index (χ1v) is 10.3. The Hall–Kier alpha value is -3.40. The average molecular weight is 396 g/mol. The summed E-state index contributed by atoms with van der Waals surface area (Å²) in [6.07, 6.45) is 0. The summed E-state index contributed by atoms with van der Waals surface area (Å²) in [4.78, 5) is 17.4. The monoisotopic (exact) mass is 396 g/mol. The molecule has 0 saturated carbocycles. The van der Waals surface area contributed by atoms with Gasteiger partial charge in [0.1, 0.15) is 12.4 Å². The second kappa shape index (κ2) is 6.84. The average Bonchev–Trinajstić information content (AvgIpc) is 3.09. The third-order valence-electron chi connectivity index (χ3n) is 5.66. The van der Waals surface area contributed by atoms with Gasteiger partial charge in [0.2, 0.25) is 0 Å². The van der Waals surface area contributed by atoms with E-state index in [0.29, 0.717) is 13.2 Å². The highest BCUT2D eigenvalue weighted by Gasteiger charge is 2.30.